The first-order valence-corrected chi connectivity index (χ1v) is 7.67. The number of ether oxygens (including phenoxy) is 1. The van der Waals surface area contributed by atoms with E-state index in [9.17, 15) is 9.59 Å². The molecule has 2 aromatic rings. The number of carbonyl (C=O) groups is 1. The van der Waals surface area contributed by atoms with Gasteiger partial charge < -0.3 is 19.4 Å². The van der Waals surface area contributed by atoms with Gasteiger partial charge in [0.2, 0.25) is 17.1 Å². The third kappa shape index (κ3) is 3.53. The van der Waals surface area contributed by atoms with Crippen molar-refractivity contribution in [1.82, 2.24) is 15.3 Å². The highest BCUT2D eigenvalue weighted by Gasteiger charge is 2.24. The van der Waals surface area contributed by atoms with Gasteiger partial charge in [-0.15, -0.1) is 0 Å². The average Bonchev–Trinajstić information content (AvgIpc) is 2.62. The summed E-state index contributed by atoms with van der Waals surface area (Å²) < 4.78 is 10.0. The summed E-state index contributed by atoms with van der Waals surface area (Å²) in [5.74, 6) is 0.258. The van der Waals surface area contributed by atoms with Gasteiger partial charge in [-0.25, -0.2) is 9.97 Å². The van der Waals surface area contributed by atoms with Gasteiger partial charge in [0.1, 0.15) is 6.26 Å². The predicted molar refractivity (Wildman–Crippen MR) is 86.3 cm³/mol. The van der Waals surface area contributed by atoms with Crippen molar-refractivity contribution in [3.05, 3.63) is 46.8 Å². The molecular weight excluding hydrogens is 312 g/mol. The summed E-state index contributed by atoms with van der Waals surface area (Å²) in [6.45, 7) is 1.45. The number of amides is 1. The number of methoxy groups -OCH3 is 1. The van der Waals surface area contributed by atoms with E-state index in [0.29, 0.717) is 12.5 Å². The van der Waals surface area contributed by atoms with E-state index >= 15 is 0 Å². The van der Waals surface area contributed by atoms with Crippen LogP contribution in [0.25, 0.3) is 0 Å². The van der Waals surface area contributed by atoms with Gasteiger partial charge in [0, 0.05) is 37.6 Å². The number of hydrogen-bond acceptors (Lipinski definition) is 7. The summed E-state index contributed by atoms with van der Waals surface area (Å²) in [5.41, 5.74) is -0.392. The first-order valence-electron chi connectivity index (χ1n) is 7.67. The zero-order chi connectivity index (χ0) is 16.9. The third-order valence-electron chi connectivity index (χ3n) is 3.83. The van der Waals surface area contributed by atoms with E-state index in [1.54, 1.807) is 18.5 Å². The fourth-order valence-corrected chi connectivity index (χ4v) is 2.65. The molecular formula is C16H18N4O4. The molecule has 0 aromatic carbocycles. The van der Waals surface area contributed by atoms with Crippen LogP contribution in [0.15, 0.2) is 40.0 Å². The number of nitrogens with one attached hydrogen (secondary N) is 1. The van der Waals surface area contributed by atoms with Gasteiger partial charge in [0.05, 0.1) is 7.11 Å². The zero-order valence-electron chi connectivity index (χ0n) is 13.3. The minimum absolute atomic E-state index is 0.0334. The highest BCUT2D eigenvalue weighted by molar-refractivity contribution is 5.91. The van der Waals surface area contributed by atoms with E-state index in [1.807, 2.05) is 4.90 Å². The van der Waals surface area contributed by atoms with Gasteiger partial charge in [0.15, 0.2) is 5.76 Å². The fourth-order valence-electron chi connectivity index (χ4n) is 2.65. The molecule has 8 nitrogen and oxygen atoms in total. The highest BCUT2D eigenvalue weighted by Crippen LogP contribution is 2.15. The van der Waals surface area contributed by atoms with Crippen molar-refractivity contribution in [2.24, 2.45) is 0 Å². The molecule has 0 spiro atoms. The van der Waals surface area contributed by atoms with Crippen LogP contribution < -0.4 is 20.4 Å². The lowest BCUT2D eigenvalue weighted by Gasteiger charge is -2.32. The summed E-state index contributed by atoms with van der Waals surface area (Å²) in [6.07, 6.45) is 6.28. The lowest BCUT2D eigenvalue weighted by atomic mass is 10.1. The van der Waals surface area contributed by atoms with E-state index in [2.05, 4.69) is 15.3 Å². The van der Waals surface area contributed by atoms with Crippen molar-refractivity contribution >= 4 is 11.9 Å². The van der Waals surface area contributed by atoms with Crippen molar-refractivity contribution in [2.75, 3.05) is 25.1 Å². The Hall–Kier alpha value is -2.90. The SMILES string of the molecule is COc1coc(C(=O)N[C@H]2CCCN(c3ncccn3)C2)cc1=O. The number of piperidine rings is 1. The zero-order valence-corrected chi connectivity index (χ0v) is 13.3. The van der Waals surface area contributed by atoms with Crippen LogP contribution >= 0.6 is 0 Å². The van der Waals surface area contributed by atoms with Crippen LogP contribution in [0, 0.1) is 0 Å². The van der Waals surface area contributed by atoms with Crippen molar-refractivity contribution in [2.45, 2.75) is 18.9 Å². The quantitative estimate of drug-likeness (QED) is 0.887. The van der Waals surface area contributed by atoms with Gasteiger partial charge in [0.25, 0.3) is 5.91 Å². The predicted octanol–water partition coefficient (Wildman–Crippen LogP) is 0.837. The number of hydrogen-bond donors (Lipinski definition) is 1. The minimum atomic E-state index is -0.421. The van der Waals surface area contributed by atoms with Crippen LogP contribution in [-0.4, -0.2) is 42.1 Å². The van der Waals surface area contributed by atoms with Gasteiger partial charge in [-0.05, 0) is 18.9 Å². The molecule has 1 fully saturated rings. The number of aromatic nitrogens is 2. The molecule has 0 bridgehead atoms. The van der Waals surface area contributed by atoms with Crippen LogP contribution in [0.1, 0.15) is 23.4 Å². The maximum atomic E-state index is 12.3. The molecule has 2 aromatic heterocycles. The molecule has 0 radical (unpaired) electrons. The molecule has 0 saturated carbocycles. The normalized spacial score (nSPS) is 17.4. The van der Waals surface area contributed by atoms with Crippen LogP contribution in [0.5, 0.6) is 5.75 Å². The summed E-state index contributed by atoms with van der Waals surface area (Å²) in [6, 6.07) is 2.83. The van der Waals surface area contributed by atoms with Crippen molar-refractivity contribution in [3.63, 3.8) is 0 Å². The lowest BCUT2D eigenvalue weighted by molar-refractivity contribution is 0.0901. The van der Waals surface area contributed by atoms with Gasteiger partial charge in [-0.2, -0.15) is 0 Å². The average molecular weight is 330 g/mol. The monoisotopic (exact) mass is 330 g/mol. The summed E-state index contributed by atoms with van der Waals surface area (Å²) in [4.78, 5) is 34.5. The van der Waals surface area contributed by atoms with Gasteiger partial charge in [-0.1, -0.05) is 0 Å². The van der Waals surface area contributed by atoms with E-state index in [0.717, 1.165) is 31.7 Å². The molecule has 0 unspecified atom stereocenters. The molecule has 24 heavy (non-hydrogen) atoms. The Morgan fingerprint density at radius 3 is 2.92 bits per heavy atom. The Bertz CT molecular complexity index is 762. The van der Waals surface area contributed by atoms with E-state index in [4.69, 9.17) is 9.15 Å². The molecule has 1 amide bonds. The Labute approximate surface area is 138 Å². The second-order valence-electron chi connectivity index (χ2n) is 5.48. The second-order valence-corrected chi connectivity index (χ2v) is 5.48. The Kier molecular flexibility index (Phi) is 4.74. The van der Waals surface area contributed by atoms with Crippen LogP contribution in [0.3, 0.4) is 0 Å². The molecule has 1 saturated heterocycles. The fraction of sp³-hybridized carbons (Fsp3) is 0.375. The molecule has 3 heterocycles. The lowest BCUT2D eigenvalue weighted by Crippen LogP contribution is -2.48. The van der Waals surface area contributed by atoms with E-state index in [-0.39, 0.29) is 17.6 Å². The molecule has 1 N–H and O–H groups in total. The maximum absolute atomic E-state index is 12.3. The van der Waals surface area contributed by atoms with E-state index in [1.165, 1.54) is 7.11 Å². The Morgan fingerprint density at radius 2 is 2.21 bits per heavy atom. The summed E-state index contributed by atoms with van der Waals surface area (Å²) >= 11 is 0. The number of carbonyl (C=O) groups excluding carboxylic acids is 1. The van der Waals surface area contributed by atoms with Crippen molar-refractivity contribution < 1.29 is 13.9 Å². The van der Waals surface area contributed by atoms with Crippen LogP contribution in [0.4, 0.5) is 5.95 Å². The van der Waals surface area contributed by atoms with Crippen molar-refractivity contribution in [1.29, 1.82) is 0 Å². The number of rotatable bonds is 4. The van der Waals surface area contributed by atoms with E-state index < -0.39 is 11.3 Å². The van der Waals surface area contributed by atoms with Crippen molar-refractivity contribution in [3.8, 4) is 5.75 Å². The molecule has 8 heteroatoms. The van der Waals surface area contributed by atoms with Crippen LogP contribution in [-0.2, 0) is 0 Å². The number of anilines is 1. The molecule has 1 atom stereocenters. The first kappa shape index (κ1) is 16.0. The first-order chi connectivity index (χ1) is 11.7. The molecule has 1 aliphatic rings. The van der Waals surface area contributed by atoms with Gasteiger partial charge >= 0.3 is 0 Å². The van der Waals surface area contributed by atoms with Gasteiger partial charge in [-0.3, -0.25) is 9.59 Å². The highest BCUT2D eigenvalue weighted by atomic mass is 16.5. The second kappa shape index (κ2) is 7.12. The molecule has 0 aliphatic carbocycles. The maximum Gasteiger partial charge on any atom is 0.287 e. The smallest absolute Gasteiger partial charge is 0.287 e. The summed E-state index contributed by atoms with van der Waals surface area (Å²) in [7, 11) is 1.37. The standard InChI is InChI=1S/C16H18N4O4/c1-23-14-10-24-13(8-12(14)21)15(22)19-11-4-2-7-20(9-11)16-17-5-3-6-18-16/h3,5-6,8,10-11H,2,4,7,9H2,1H3,(H,19,22)/t11-/m0/s1. The summed E-state index contributed by atoms with van der Waals surface area (Å²) in [5, 5.41) is 2.89. The minimum Gasteiger partial charge on any atom is -0.490 e. The molecule has 126 valence electrons. The molecule has 3 rings (SSSR count). The molecule has 1 aliphatic heterocycles. The Morgan fingerprint density at radius 1 is 1.42 bits per heavy atom. The Balaban J connectivity index is 1.66. The number of nitrogens with zero attached hydrogens (tertiary/aromatic N) is 3. The largest absolute Gasteiger partial charge is 0.490 e. The third-order valence-corrected chi connectivity index (χ3v) is 3.83. The topological polar surface area (TPSA) is 97.6 Å². The van der Waals surface area contributed by atoms with Crippen LogP contribution in [0.2, 0.25) is 0 Å².